The van der Waals surface area contributed by atoms with Gasteiger partial charge in [-0.25, -0.2) is 9.69 Å². The Hall–Kier alpha value is -2.52. The van der Waals surface area contributed by atoms with Gasteiger partial charge in [-0.3, -0.25) is 4.79 Å². The maximum atomic E-state index is 12.7. The third-order valence-electron chi connectivity index (χ3n) is 3.87. The number of hydrogen-bond donors (Lipinski definition) is 1. The van der Waals surface area contributed by atoms with Crippen molar-refractivity contribution in [3.05, 3.63) is 68.9 Å². The highest BCUT2D eigenvalue weighted by molar-refractivity contribution is 14.1. The Kier molecular flexibility index (Phi) is 6.25. The summed E-state index contributed by atoms with van der Waals surface area (Å²) in [7, 11) is 1.54. The molecule has 3 rings (SSSR count). The van der Waals surface area contributed by atoms with Gasteiger partial charge in [-0.15, -0.1) is 0 Å². The van der Waals surface area contributed by atoms with Crippen molar-refractivity contribution in [3.8, 4) is 11.5 Å². The number of carbonyl (C=O) groups excluding carboxylic acids is 2. The van der Waals surface area contributed by atoms with Gasteiger partial charge in [0.05, 0.1) is 16.4 Å². The van der Waals surface area contributed by atoms with Crippen LogP contribution in [0.3, 0.4) is 0 Å². The summed E-state index contributed by atoms with van der Waals surface area (Å²) in [6, 6.07) is 9.51. The first kappa shape index (κ1) is 20.2. The molecule has 0 bridgehead atoms. The Balaban J connectivity index is 1.92. The summed E-state index contributed by atoms with van der Waals surface area (Å²) in [5.74, 6) is 0.662. The van der Waals surface area contributed by atoms with Gasteiger partial charge >= 0.3 is 6.03 Å². The molecule has 1 heterocycles. The lowest BCUT2D eigenvalue weighted by molar-refractivity contribution is -0.113. The van der Waals surface area contributed by atoms with E-state index in [0.717, 1.165) is 8.47 Å². The van der Waals surface area contributed by atoms with Crippen LogP contribution >= 0.6 is 34.2 Å². The second-order valence-electron chi connectivity index (χ2n) is 5.74. The number of halogens is 2. The summed E-state index contributed by atoms with van der Waals surface area (Å²) in [6.07, 6.45) is 3.24. The second kappa shape index (κ2) is 8.66. The molecular weight excluding hydrogens is 495 g/mol. The highest BCUT2D eigenvalue weighted by atomic mass is 127. The molecule has 1 aliphatic heterocycles. The van der Waals surface area contributed by atoms with Crippen molar-refractivity contribution < 1.29 is 19.1 Å². The normalized spacial score (nSPS) is 15.0. The molecule has 8 heteroatoms. The Bertz CT molecular complexity index is 973. The van der Waals surface area contributed by atoms with Crippen LogP contribution in [0.1, 0.15) is 5.56 Å². The summed E-state index contributed by atoms with van der Waals surface area (Å²) >= 11 is 7.99. The number of methoxy groups -OCH3 is 1. The zero-order chi connectivity index (χ0) is 20.3. The van der Waals surface area contributed by atoms with Gasteiger partial charge in [0.15, 0.2) is 11.5 Å². The Morgan fingerprint density at radius 2 is 1.96 bits per heavy atom. The number of anilines is 1. The summed E-state index contributed by atoms with van der Waals surface area (Å²) in [5, 5.41) is 3.12. The van der Waals surface area contributed by atoms with Crippen molar-refractivity contribution in [3.63, 3.8) is 0 Å². The van der Waals surface area contributed by atoms with Gasteiger partial charge in [-0.2, -0.15) is 0 Å². The van der Waals surface area contributed by atoms with Crippen molar-refractivity contribution in [1.82, 2.24) is 5.32 Å². The third kappa shape index (κ3) is 4.15. The van der Waals surface area contributed by atoms with Gasteiger partial charge in [0.25, 0.3) is 5.91 Å². The molecule has 0 spiro atoms. The molecule has 0 radical (unpaired) electrons. The van der Waals surface area contributed by atoms with Gasteiger partial charge in [0, 0.05) is 5.02 Å². The number of urea groups is 1. The molecule has 0 aromatic heterocycles. The first-order valence-corrected chi connectivity index (χ1v) is 9.64. The average molecular weight is 511 g/mol. The van der Waals surface area contributed by atoms with Crippen molar-refractivity contribution in [2.75, 3.05) is 18.6 Å². The fourth-order valence-electron chi connectivity index (χ4n) is 2.63. The topological polar surface area (TPSA) is 67.9 Å². The van der Waals surface area contributed by atoms with Crippen LogP contribution in [0.15, 0.2) is 54.8 Å². The number of rotatable bonds is 6. The van der Waals surface area contributed by atoms with Crippen LogP contribution in [0.25, 0.3) is 6.08 Å². The zero-order valence-corrected chi connectivity index (χ0v) is 17.8. The molecule has 1 N–H and O–H groups in total. The van der Waals surface area contributed by atoms with Gasteiger partial charge < -0.3 is 14.8 Å². The number of hydrogen-bond acceptors (Lipinski definition) is 4. The van der Waals surface area contributed by atoms with Gasteiger partial charge in [0.1, 0.15) is 12.3 Å². The highest BCUT2D eigenvalue weighted by Crippen LogP contribution is 2.35. The smallest absolute Gasteiger partial charge is 0.333 e. The molecule has 1 saturated heterocycles. The third-order valence-corrected chi connectivity index (χ3v) is 4.92. The molecule has 28 heavy (non-hydrogen) atoms. The standard InChI is InChI=1S/C20H16ClIN2O4/c1-3-8-28-18-15(22)9-12(11-17(18)27-2)10-16-19(25)24(20(26)23-16)14-6-4-13(21)5-7-14/h3-7,9-11H,1,8H2,2H3,(H,23,26)/b16-10-. The number of imide groups is 1. The number of amides is 3. The first-order chi connectivity index (χ1) is 13.4. The van der Waals surface area contributed by atoms with Crippen molar-refractivity contribution >= 4 is 57.9 Å². The minimum atomic E-state index is -0.522. The van der Waals surface area contributed by atoms with Crippen LogP contribution in [0.4, 0.5) is 10.5 Å². The SMILES string of the molecule is C=CCOc1c(I)cc(/C=C2\NC(=O)N(c3ccc(Cl)cc3)C2=O)cc1OC. The predicted molar refractivity (Wildman–Crippen MR) is 117 cm³/mol. The van der Waals surface area contributed by atoms with E-state index in [0.29, 0.717) is 34.4 Å². The molecule has 1 fully saturated rings. The molecule has 2 aromatic carbocycles. The average Bonchev–Trinajstić information content (AvgIpc) is 2.94. The summed E-state index contributed by atoms with van der Waals surface area (Å²) < 4.78 is 11.8. The lowest BCUT2D eigenvalue weighted by atomic mass is 10.1. The minimum Gasteiger partial charge on any atom is -0.493 e. The van der Waals surface area contributed by atoms with E-state index in [-0.39, 0.29) is 5.70 Å². The van der Waals surface area contributed by atoms with E-state index >= 15 is 0 Å². The maximum Gasteiger partial charge on any atom is 0.333 e. The van der Waals surface area contributed by atoms with Crippen LogP contribution in [0.5, 0.6) is 11.5 Å². The Morgan fingerprint density at radius 1 is 1.25 bits per heavy atom. The van der Waals surface area contributed by atoms with Crippen molar-refractivity contribution in [2.45, 2.75) is 0 Å². The second-order valence-corrected chi connectivity index (χ2v) is 7.34. The van der Waals surface area contributed by atoms with E-state index in [9.17, 15) is 9.59 Å². The lowest BCUT2D eigenvalue weighted by Crippen LogP contribution is -2.30. The number of ether oxygens (including phenoxy) is 2. The number of carbonyl (C=O) groups is 2. The van der Waals surface area contributed by atoms with Crippen molar-refractivity contribution in [1.29, 1.82) is 0 Å². The fourth-order valence-corrected chi connectivity index (χ4v) is 3.54. The molecule has 3 amide bonds. The largest absolute Gasteiger partial charge is 0.493 e. The molecule has 0 saturated carbocycles. The molecular formula is C20H16ClIN2O4. The first-order valence-electron chi connectivity index (χ1n) is 8.18. The molecule has 0 unspecified atom stereocenters. The summed E-state index contributed by atoms with van der Waals surface area (Å²) in [4.78, 5) is 26.1. The molecule has 2 aromatic rings. The molecule has 6 nitrogen and oxygen atoms in total. The number of nitrogens with zero attached hydrogens (tertiary/aromatic N) is 1. The summed E-state index contributed by atoms with van der Waals surface area (Å²) in [5.41, 5.74) is 1.29. The van der Waals surface area contributed by atoms with Gasteiger partial charge in [-0.1, -0.05) is 24.3 Å². The van der Waals surface area contributed by atoms with E-state index in [4.69, 9.17) is 21.1 Å². The molecule has 0 aliphatic carbocycles. The van der Waals surface area contributed by atoms with E-state index in [1.54, 1.807) is 42.5 Å². The van der Waals surface area contributed by atoms with Crippen LogP contribution in [0.2, 0.25) is 5.02 Å². The fraction of sp³-hybridized carbons (Fsp3) is 0.100. The van der Waals surface area contributed by atoms with Crippen LogP contribution < -0.4 is 19.7 Å². The summed E-state index contributed by atoms with van der Waals surface area (Å²) in [6.45, 7) is 3.98. The minimum absolute atomic E-state index is 0.164. The highest BCUT2D eigenvalue weighted by Gasteiger charge is 2.34. The van der Waals surface area contributed by atoms with Crippen LogP contribution in [-0.2, 0) is 4.79 Å². The zero-order valence-electron chi connectivity index (χ0n) is 14.9. The Labute approximate surface area is 180 Å². The van der Waals surface area contributed by atoms with E-state index in [1.165, 1.54) is 7.11 Å². The monoisotopic (exact) mass is 510 g/mol. The predicted octanol–water partition coefficient (Wildman–Crippen LogP) is 4.62. The molecule has 0 atom stereocenters. The number of benzene rings is 2. The van der Waals surface area contributed by atoms with Crippen molar-refractivity contribution in [2.24, 2.45) is 0 Å². The Morgan fingerprint density at radius 3 is 2.61 bits per heavy atom. The maximum absolute atomic E-state index is 12.7. The lowest BCUT2D eigenvalue weighted by Gasteiger charge is -2.12. The van der Waals surface area contributed by atoms with Crippen LogP contribution in [0, 0.1) is 3.57 Å². The van der Waals surface area contributed by atoms with Gasteiger partial charge in [0.2, 0.25) is 0 Å². The van der Waals surface area contributed by atoms with E-state index < -0.39 is 11.9 Å². The molecule has 1 aliphatic rings. The van der Waals surface area contributed by atoms with E-state index in [1.807, 2.05) is 6.07 Å². The molecule has 144 valence electrons. The van der Waals surface area contributed by atoms with Crippen LogP contribution in [-0.4, -0.2) is 25.7 Å². The quantitative estimate of drug-likeness (QED) is 0.267. The number of nitrogens with one attached hydrogen (secondary N) is 1. The van der Waals surface area contributed by atoms with E-state index in [2.05, 4.69) is 34.5 Å². The van der Waals surface area contributed by atoms with Gasteiger partial charge in [-0.05, 0) is 70.6 Å².